The topological polar surface area (TPSA) is 91.4 Å². The number of anilines is 2. The molecule has 3 amide bonds. The molecule has 3 heterocycles. The summed E-state index contributed by atoms with van der Waals surface area (Å²) in [6.07, 6.45) is 0.171. The second kappa shape index (κ2) is 9.36. The van der Waals surface area contributed by atoms with Crippen LogP contribution >= 0.6 is 22.7 Å². The van der Waals surface area contributed by atoms with Crippen LogP contribution in [-0.4, -0.2) is 29.3 Å². The maximum Gasteiger partial charge on any atom is 0.231 e. The quantitative estimate of drug-likeness (QED) is 0.412. The highest BCUT2D eigenvalue weighted by atomic mass is 32.1. The maximum absolute atomic E-state index is 12.9. The largest absolute Gasteiger partial charge is 0.351 e. The van der Waals surface area contributed by atoms with Gasteiger partial charge in [-0.05, 0) is 23.6 Å². The van der Waals surface area contributed by atoms with Gasteiger partial charge in [0.1, 0.15) is 0 Å². The highest BCUT2D eigenvalue weighted by Crippen LogP contribution is 2.33. The minimum Gasteiger partial charge on any atom is -0.351 e. The van der Waals surface area contributed by atoms with Gasteiger partial charge in [0.2, 0.25) is 17.7 Å². The lowest BCUT2D eigenvalue weighted by Crippen LogP contribution is -2.28. The number of carbonyl (C=O) groups is 3. The molecule has 0 bridgehead atoms. The first-order chi connectivity index (χ1) is 16.5. The van der Waals surface area contributed by atoms with Crippen LogP contribution in [-0.2, 0) is 20.9 Å². The maximum atomic E-state index is 12.9. The van der Waals surface area contributed by atoms with Crippen LogP contribution < -0.4 is 15.5 Å². The molecule has 2 aromatic carbocycles. The molecular weight excluding hydrogens is 468 g/mol. The van der Waals surface area contributed by atoms with Gasteiger partial charge in [-0.15, -0.1) is 22.7 Å². The number of thiophene rings is 1. The monoisotopic (exact) mass is 490 g/mol. The van der Waals surface area contributed by atoms with Gasteiger partial charge in [-0.1, -0.05) is 36.4 Å². The number of carbonyl (C=O) groups excluding carboxylic acids is 3. The molecule has 2 aromatic heterocycles. The number of thiazole rings is 1. The number of nitrogens with one attached hydrogen (secondary N) is 2. The molecule has 1 atom stereocenters. The van der Waals surface area contributed by atoms with Crippen LogP contribution in [0.3, 0.4) is 0 Å². The summed E-state index contributed by atoms with van der Waals surface area (Å²) in [5.74, 6) is -0.765. The van der Waals surface area contributed by atoms with Gasteiger partial charge in [0.05, 0.1) is 28.7 Å². The second-order valence-corrected chi connectivity index (χ2v) is 10.1. The number of amides is 3. The summed E-state index contributed by atoms with van der Waals surface area (Å²) in [6, 6.07) is 17.7. The van der Waals surface area contributed by atoms with E-state index < -0.39 is 5.92 Å². The first kappa shape index (κ1) is 22.2. The van der Waals surface area contributed by atoms with E-state index in [0.717, 1.165) is 31.9 Å². The fourth-order valence-electron chi connectivity index (χ4n) is 4.03. The SMILES string of the molecule is CC(=O)NCc1ccc(-c2csc(NC(=O)C3CC(=O)N(c4cccc5ccccc45)C3)n2)s1. The molecule has 9 heteroatoms. The molecule has 172 valence electrons. The fourth-order valence-corrected chi connectivity index (χ4v) is 5.73. The number of rotatable bonds is 6. The molecule has 34 heavy (non-hydrogen) atoms. The van der Waals surface area contributed by atoms with Crippen LogP contribution in [0.5, 0.6) is 0 Å². The van der Waals surface area contributed by atoms with Crippen molar-refractivity contribution in [2.24, 2.45) is 5.92 Å². The summed E-state index contributed by atoms with van der Waals surface area (Å²) >= 11 is 2.90. The number of nitrogens with zero attached hydrogens (tertiary/aromatic N) is 2. The third kappa shape index (κ3) is 4.57. The van der Waals surface area contributed by atoms with Gasteiger partial charge in [0.15, 0.2) is 5.13 Å². The summed E-state index contributed by atoms with van der Waals surface area (Å²) in [5.41, 5.74) is 1.61. The zero-order chi connectivity index (χ0) is 23.7. The van der Waals surface area contributed by atoms with E-state index in [1.54, 1.807) is 16.2 Å². The van der Waals surface area contributed by atoms with Gasteiger partial charge >= 0.3 is 0 Å². The van der Waals surface area contributed by atoms with E-state index in [1.807, 2.05) is 60.0 Å². The molecule has 7 nitrogen and oxygen atoms in total. The number of fused-ring (bicyclic) bond motifs is 1. The van der Waals surface area contributed by atoms with E-state index in [9.17, 15) is 14.4 Å². The molecule has 1 aliphatic heterocycles. The van der Waals surface area contributed by atoms with Crippen LogP contribution in [0.2, 0.25) is 0 Å². The molecule has 0 saturated carbocycles. The third-order valence-corrected chi connectivity index (χ3v) is 7.58. The van der Waals surface area contributed by atoms with Gasteiger partial charge in [0, 0.05) is 35.5 Å². The van der Waals surface area contributed by atoms with Crippen molar-refractivity contribution in [3.05, 3.63) is 64.9 Å². The predicted molar refractivity (Wildman–Crippen MR) is 136 cm³/mol. The number of benzene rings is 2. The molecule has 1 fully saturated rings. The van der Waals surface area contributed by atoms with Crippen LogP contribution in [0.15, 0.2) is 60.0 Å². The lowest BCUT2D eigenvalue weighted by atomic mass is 10.1. The Hall–Kier alpha value is -3.56. The van der Waals surface area contributed by atoms with Crippen LogP contribution in [0.1, 0.15) is 18.2 Å². The Labute approximate surface area is 204 Å². The van der Waals surface area contributed by atoms with Crippen LogP contribution in [0, 0.1) is 5.92 Å². The Morgan fingerprint density at radius 2 is 1.94 bits per heavy atom. The second-order valence-electron chi connectivity index (χ2n) is 8.11. The van der Waals surface area contributed by atoms with Crippen molar-refractivity contribution < 1.29 is 14.4 Å². The lowest BCUT2D eigenvalue weighted by molar-refractivity contribution is -0.122. The summed E-state index contributed by atoms with van der Waals surface area (Å²) in [4.78, 5) is 45.1. The van der Waals surface area contributed by atoms with Gasteiger partial charge in [-0.25, -0.2) is 4.98 Å². The van der Waals surface area contributed by atoms with E-state index in [4.69, 9.17) is 0 Å². The molecule has 1 aliphatic rings. The van der Waals surface area contributed by atoms with Crippen molar-refractivity contribution >= 4 is 62.0 Å². The highest BCUT2D eigenvalue weighted by molar-refractivity contribution is 7.17. The van der Waals surface area contributed by atoms with E-state index in [0.29, 0.717) is 18.2 Å². The Bertz CT molecular complexity index is 1390. The van der Waals surface area contributed by atoms with E-state index in [1.165, 1.54) is 18.3 Å². The third-order valence-electron chi connectivity index (χ3n) is 5.71. The minimum absolute atomic E-state index is 0.0541. The van der Waals surface area contributed by atoms with Gasteiger partial charge in [-0.3, -0.25) is 14.4 Å². The highest BCUT2D eigenvalue weighted by Gasteiger charge is 2.36. The Kier molecular flexibility index (Phi) is 6.12. The van der Waals surface area contributed by atoms with Crippen molar-refractivity contribution in [1.82, 2.24) is 10.3 Å². The lowest BCUT2D eigenvalue weighted by Gasteiger charge is -2.18. The molecule has 1 saturated heterocycles. The minimum atomic E-state index is -0.440. The average Bonchev–Trinajstić information content (AvgIpc) is 3.57. The normalized spacial score (nSPS) is 15.6. The van der Waals surface area contributed by atoms with Crippen molar-refractivity contribution in [2.45, 2.75) is 19.9 Å². The molecule has 0 spiro atoms. The van der Waals surface area contributed by atoms with E-state index >= 15 is 0 Å². The van der Waals surface area contributed by atoms with Gasteiger partial charge < -0.3 is 15.5 Å². The number of aromatic nitrogens is 1. The Morgan fingerprint density at radius 3 is 2.79 bits per heavy atom. The van der Waals surface area contributed by atoms with E-state index in [2.05, 4.69) is 15.6 Å². The zero-order valence-corrected chi connectivity index (χ0v) is 20.0. The average molecular weight is 491 g/mol. The van der Waals surface area contributed by atoms with Crippen molar-refractivity contribution in [3.8, 4) is 10.6 Å². The van der Waals surface area contributed by atoms with Crippen molar-refractivity contribution in [1.29, 1.82) is 0 Å². The van der Waals surface area contributed by atoms with Crippen LogP contribution in [0.4, 0.5) is 10.8 Å². The smallest absolute Gasteiger partial charge is 0.231 e. The summed E-state index contributed by atoms with van der Waals surface area (Å²) < 4.78 is 0. The number of hydrogen-bond donors (Lipinski definition) is 2. The molecule has 1 unspecified atom stereocenters. The standard InChI is InChI=1S/C25H22N4O3S2/c1-15(30)26-12-18-9-10-22(34-18)20-14-33-25(27-20)28-24(32)17-11-23(31)29(13-17)21-8-4-6-16-5-2-3-7-19(16)21/h2-10,14,17H,11-13H2,1H3,(H,26,30)(H,27,28,32). The number of hydrogen-bond acceptors (Lipinski definition) is 6. The summed E-state index contributed by atoms with van der Waals surface area (Å²) in [5, 5.41) is 10.1. The Balaban J connectivity index is 1.25. The van der Waals surface area contributed by atoms with Crippen molar-refractivity contribution in [2.75, 3.05) is 16.8 Å². The zero-order valence-electron chi connectivity index (χ0n) is 18.4. The first-order valence-electron chi connectivity index (χ1n) is 10.9. The van der Waals surface area contributed by atoms with Gasteiger partial charge in [0.25, 0.3) is 0 Å². The fraction of sp³-hybridized carbons (Fsp3) is 0.200. The molecule has 2 N–H and O–H groups in total. The molecule has 0 radical (unpaired) electrons. The molecule has 5 rings (SSSR count). The van der Waals surface area contributed by atoms with E-state index in [-0.39, 0.29) is 24.1 Å². The van der Waals surface area contributed by atoms with Crippen LogP contribution in [0.25, 0.3) is 21.3 Å². The summed E-state index contributed by atoms with van der Waals surface area (Å²) in [6.45, 7) is 2.31. The van der Waals surface area contributed by atoms with Crippen molar-refractivity contribution in [3.63, 3.8) is 0 Å². The first-order valence-corrected chi connectivity index (χ1v) is 12.6. The molecule has 4 aromatic rings. The Morgan fingerprint density at radius 1 is 1.12 bits per heavy atom. The summed E-state index contributed by atoms with van der Waals surface area (Å²) in [7, 11) is 0. The van der Waals surface area contributed by atoms with Gasteiger partial charge in [-0.2, -0.15) is 0 Å². The predicted octanol–water partition coefficient (Wildman–Crippen LogP) is 4.65. The molecule has 0 aliphatic carbocycles. The molecular formula is C25H22N4O3S2.